The second kappa shape index (κ2) is 6.56. The lowest BCUT2D eigenvalue weighted by atomic mass is 10.2. The fourth-order valence-electron chi connectivity index (χ4n) is 2.44. The van der Waals surface area contributed by atoms with Gasteiger partial charge in [0.2, 0.25) is 0 Å². The number of benzene rings is 1. The normalized spacial score (nSPS) is 18.7. The molecule has 0 aliphatic carbocycles. The Hall–Kier alpha value is -1.42. The van der Waals surface area contributed by atoms with Gasteiger partial charge in [0, 0.05) is 23.8 Å². The number of anilines is 1. The molecule has 0 spiro atoms. The van der Waals surface area contributed by atoms with E-state index in [1.807, 2.05) is 49.9 Å². The first-order valence-corrected chi connectivity index (χ1v) is 7.72. The number of amides is 1. The second-order valence-corrected chi connectivity index (χ2v) is 6.80. The predicted octanol–water partition coefficient (Wildman–Crippen LogP) is 4.15. The monoisotopic (exact) mass is 310 g/mol. The third kappa shape index (κ3) is 4.81. The van der Waals surface area contributed by atoms with Gasteiger partial charge in [-0.05, 0) is 51.8 Å². The maximum atomic E-state index is 12.2. The Labute approximate surface area is 131 Å². The summed E-state index contributed by atoms with van der Waals surface area (Å²) in [4.78, 5) is 14.0. The summed E-state index contributed by atoms with van der Waals surface area (Å²) < 4.78 is 5.46. The maximum Gasteiger partial charge on any atom is 0.410 e. The molecule has 0 bridgehead atoms. The van der Waals surface area contributed by atoms with Gasteiger partial charge in [0.1, 0.15) is 5.60 Å². The molecular weight excluding hydrogens is 288 g/mol. The van der Waals surface area contributed by atoms with E-state index in [1.54, 1.807) is 0 Å². The first kappa shape index (κ1) is 16.0. The average Bonchev–Trinajstić information content (AvgIpc) is 2.83. The zero-order valence-electron chi connectivity index (χ0n) is 12.9. The minimum atomic E-state index is -0.454. The Kier molecular flexibility index (Phi) is 4.99. The van der Waals surface area contributed by atoms with Gasteiger partial charge in [0.15, 0.2) is 0 Å². The van der Waals surface area contributed by atoms with Gasteiger partial charge in [-0.3, -0.25) is 0 Å². The number of hydrogen-bond acceptors (Lipinski definition) is 3. The second-order valence-electron chi connectivity index (χ2n) is 6.36. The number of ether oxygens (including phenoxy) is 1. The lowest BCUT2D eigenvalue weighted by Crippen LogP contribution is -2.42. The zero-order chi connectivity index (χ0) is 15.5. The van der Waals surface area contributed by atoms with Gasteiger partial charge in [-0.25, -0.2) is 4.79 Å². The number of halogens is 1. The quantitative estimate of drug-likeness (QED) is 0.911. The fraction of sp³-hybridized carbons (Fsp3) is 0.562. The van der Waals surface area contributed by atoms with E-state index in [0.29, 0.717) is 11.6 Å². The van der Waals surface area contributed by atoms with Crippen LogP contribution >= 0.6 is 11.6 Å². The molecule has 1 fully saturated rings. The standard InChI is InChI=1S/C16H23ClN2O2/c1-16(2,3)21-15(20)19-9-5-8-14(19)11-18-13-7-4-6-12(17)10-13/h4,6-7,10,14,18H,5,8-9,11H2,1-3H3. The first-order valence-electron chi connectivity index (χ1n) is 7.34. The zero-order valence-corrected chi connectivity index (χ0v) is 13.6. The summed E-state index contributed by atoms with van der Waals surface area (Å²) in [5, 5.41) is 4.05. The minimum absolute atomic E-state index is 0.166. The molecule has 1 N–H and O–H groups in total. The highest BCUT2D eigenvalue weighted by Crippen LogP contribution is 2.22. The van der Waals surface area contributed by atoms with Gasteiger partial charge in [-0.1, -0.05) is 17.7 Å². The molecule has 2 rings (SSSR count). The van der Waals surface area contributed by atoms with Crippen molar-refractivity contribution in [2.24, 2.45) is 0 Å². The summed E-state index contributed by atoms with van der Waals surface area (Å²) in [6, 6.07) is 7.77. The lowest BCUT2D eigenvalue weighted by molar-refractivity contribution is 0.0235. The highest BCUT2D eigenvalue weighted by Gasteiger charge is 2.31. The summed E-state index contributed by atoms with van der Waals surface area (Å²) >= 11 is 5.97. The molecule has 1 amide bonds. The molecule has 21 heavy (non-hydrogen) atoms. The van der Waals surface area contributed by atoms with E-state index in [4.69, 9.17) is 16.3 Å². The Balaban J connectivity index is 1.91. The van der Waals surface area contributed by atoms with Gasteiger partial charge in [-0.15, -0.1) is 0 Å². The number of nitrogens with zero attached hydrogens (tertiary/aromatic N) is 1. The largest absolute Gasteiger partial charge is 0.444 e. The molecule has 116 valence electrons. The van der Waals surface area contributed by atoms with Crippen LogP contribution in [0, 0.1) is 0 Å². The van der Waals surface area contributed by atoms with E-state index in [1.165, 1.54) is 0 Å². The van der Waals surface area contributed by atoms with Crippen LogP contribution in [0.1, 0.15) is 33.6 Å². The molecule has 1 aromatic rings. The van der Waals surface area contributed by atoms with Crippen LogP contribution in [0.15, 0.2) is 24.3 Å². The Bertz CT molecular complexity index is 499. The molecule has 1 aliphatic rings. The van der Waals surface area contributed by atoms with Crippen molar-refractivity contribution < 1.29 is 9.53 Å². The van der Waals surface area contributed by atoms with Crippen LogP contribution in [-0.2, 0) is 4.74 Å². The molecule has 1 atom stereocenters. The van der Waals surface area contributed by atoms with Crippen molar-refractivity contribution in [3.8, 4) is 0 Å². The maximum absolute atomic E-state index is 12.2. The van der Waals surface area contributed by atoms with Crippen LogP contribution in [0.3, 0.4) is 0 Å². The van der Waals surface area contributed by atoms with Gasteiger partial charge in [0.25, 0.3) is 0 Å². The number of nitrogens with one attached hydrogen (secondary N) is 1. The predicted molar refractivity (Wildman–Crippen MR) is 85.9 cm³/mol. The number of rotatable bonds is 3. The van der Waals surface area contributed by atoms with Crippen LogP contribution in [0.2, 0.25) is 5.02 Å². The third-order valence-corrected chi connectivity index (χ3v) is 3.61. The van der Waals surface area contributed by atoms with Crippen LogP contribution in [0.25, 0.3) is 0 Å². The van der Waals surface area contributed by atoms with E-state index >= 15 is 0 Å². The molecule has 1 saturated heterocycles. The molecule has 1 unspecified atom stereocenters. The van der Waals surface area contributed by atoms with Crippen molar-refractivity contribution in [2.45, 2.75) is 45.3 Å². The van der Waals surface area contributed by atoms with Crippen LogP contribution in [0.4, 0.5) is 10.5 Å². The molecule has 0 radical (unpaired) electrons. The van der Waals surface area contributed by atoms with E-state index in [-0.39, 0.29) is 12.1 Å². The van der Waals surface area contributed by atoms with Crippen LogP contribution in [0.5, 0.6) is 0 Å². The third-order valence-electron chi connectivity index (χ3n) is 3.37. The summed E-state index contributed by atoms with van der Waals surface area (Å²) in [7, 11) is 0. The SMILES string of the molecule is CC(C)(C)OC(=O)N1CCCC1CNc1cccc(Cl)c1. The van der Waals surface area contributed by atoms with Crippen LogP contribution in [-0.4, -0.2) is 35.7 Å². The number of carbonyl (C=O) groups excluding carboxylic acids is 1. The molecule has 5 heteroatoms. The van der Waals surface area contributed by atoms with Gasteiger partial charge >= 0.3 is 6.09 Å². The molecule has 0 saturated carbocycles. The fourth-order valence-corrected chi connectivity index (χ4v) is 2.63. The molecule has 1 heterocycles. The van der Waals surface area contributed by atoms with Crippen molar-refractivity contribution in [1.82, 2.24) is 4.90 Å². The van der Waals surface area contributed by atoms with E-state index in [2.05, 4.69) is 5.32 Å². The summed E-state index contributed by atoms with van der Waals surface area (Å²) in [5.41, 5.74) is 0.517. The van der Waals surface area contributed by atoms with E-state index in [0.717, 1.165) is 25.1 Å². The van der Waals surface area contributed by atoms with Crippen molar-refractivity contribution in [3.05, 3.63) is 29.3 Å². The summed E-state index contributed by atoms with van der Waals surface area (Å²) in [5.74, 6) is 0. The average molecular weight is 311 g/mol. The summed E-state index contributed by atoms with van der Waals surface area (Å²) in [6.07, 6.45) is 1.78. The van der Waals surface area contributed by atoms with Gasteiger partial charge in [-0.2, -0.15) is 0 Å². The molecular formula is C16H23ClN2O2. The Morgan fingerprint density at radius 2 is 2.24 bits per heavy atom. The van der Waals surface area contributed by atoms with Gasteiger partial charge < -0.3 is 15.0 Å². The lowest BCUT2D eigenvalue weighted by Gasteiger charge is -2.29. The highest BCUT2D eigenvalue weighted by molar-refractivity contribution is 6.30. The number of carbonyl (C=O) groups is 1. The molecule has 0 aromatic heterocycles. The molecule has 4 nitrogen and oxygen atoms in total. The smallest absolute Gasteiger partial charge is 0.410 e. The molecule has 1 aliphatic heterocycles. The Morgan fingerprint density at radius 1 is 1.48 bits per heavy atom. The first-order chi connectivity index (χ1) is 9.85. The number of likely N-dealkylation sites (tertiary alicyclic amines) is 1. The van der Waals surface area contributed by atoms with E-state index < -0.39 is 5.60 Å². The minimum Gasteiger partial charge on any atom is -0.444 e. The van der Waals surface area contributed by atoms with Crippen LogP contribution < -0.4 is 5.32 Å². The topological polar surface area (TPSA) is 41.6 Å². The molecule has 1 aromatic carbocycles. The van der Waals surface area contributed by atoms with Crippen molar-refractivity contribution in [2.75, 3.05) is 18.4 Å². The van der Waals surface area contributed by atoms with Crippen molar-refractivity contribution >= 4 is 23.4 Å². The van der Waals surface area contributed by atoms with Crippen molar-refractivity contribution in [1.29, 1.82) is 0 Å². The number of hydrogen-bond donors (Lipinski definition) is 1. The summed E-state index contributed by atoms with van der Waals surface area (Å²) in [6.45, 7) is 7.14. The Morgan fingerprint density at radius 3 is 2.90 bits per heavy atom. The van der Waals surface area contributed by atoms with E-state index in [9.17, 15) is 4.79 Å². The van der Waals surface area contributed by atoms with Crippen molar-refractivity contribution in [3.63, 3.8) is 0 Å². The highest BCUT2D eigenvalue weighted by atomic mass is 35.5. The van der Waals surface area contributed by atoms with Gasteiger partial charge in [0.05, 0.1) is 6.04 Å².